The highest BCUT2D eigenvalue weighted by Gasteiger charge is 2.19. The first-order valence-corrected chi connectivity index (χ1v) is 6.96. The summed E-state index contributed by atoms with van der Waals surface area (Å²) in [5, 5.41) is 14.7. The summed E-state index contributed by atoms with van der Waals surface area (Å²) in [6.07, 6.45) is -0.652. The number of hydrogen-bond donors (Lipinski definition) is 1. The van der Waals surface area contributed by atoms with Gasteiger partial charge in [0.1, 0.15) is 11.9 Å². The van der Waals surface area contributed by atoms with Gasteiger partial charge >= 0.3 is 0 Å². The van der Waals surface area contributed by atoms with Gasteiger partial charge in [0.2, 0.25) is 0 Å². The van der Waals surface area contributed by atoms with E-state index in [-0.39, 0.29) is 0 Å². The van der Waals surface area contributed by atoms with Gasteiger partial charge in [0.15, 0.2) is 0 Å². The van der Waals surface area contributed by atoms with Crippen molar-refractivity contribution < 1.29 is 9.84 Å². The molecule has 0 saturated heterocycles. The molecule has 3 rings (SSSR count). The van der Waals surface area contributed by atoms with Crippen LogP contribution in [-0.2, 0) is 0 Å². The highest BCUT2D eigenvalue weighted by molar-refractivity contribution is 7.10. The van der Waals surface area contributed by atoms with Crippen molar-refractivity contribution in [2.75, 3.05) is 7.11 Å². The predicted octanol–water partition coefficient (Wildman–Crippen LogP) is 3.99. The van der Waals surface area contributed by atoms with Crippen LogP contribution in [0.25, 0.3) is 10.8 Å². The van der Waals surface area contributed by atoms with Crippen molar-refractivity contribution in [1.82, 2.24) is 0 Å². The van der Waals surface area contributed by atoms with Crippen LogP contribution in [0.5, 0.6) is 5.75 Å². The van der Waals surface area contributed by atoms with Gasteiger partial charge in [-0.05, 0) is 28.3 Å². The Morgan fingerprint density at radius 2 is 1.89 bits per heavy atom. The van der Waals surface area contributed by atoms with Gasteiger partial charge in [0, 0.05) is 10.4 Å². The molecule has 1 heterocycles. The molecule has 3 aromatic rings. The molecule has 0 unspecified atom stereocenters. The molecular formula is C16H14O2S. The zero-order valence-corrected chi connectivity index (χ0v) is 11.4. The van der Waals surface area contributed by atoms with Crippen molar-refractivity contribution >= 4 is 22.1 Å². The molecule has 1 N–H and O–H groups in total. The lowest BCUT2D eigenvalue weighted by Gasteiger charge is -2.16. The Hall–Kier alpha value is -1.84. The van der Waals surface area contributed by atoms with Crippen LogP contribution in [0, 0.1) is 0 Å². The molecule has 3 heteroatoms. The number of rotatable bonds is 3. The Morgan fingerprint density at radius 1 is 1.05 bits per heavy atom. The second-order valence-electron chi connectivity index (χ2n) is 4.32. The number of aliphatic hydroxyl groups excluding tert-OH is 1. The Kier molecular flexibility index (Phi) is 3.23. The number of thiophene rings is 1. The molecule has 0 aliphatic heterocycles. The van der Waals surface area contributed by atoms with Crippen LogP contribution in [0.2, 0.25) is 0 Å². The van der Waals surface area contributed by atoms with E-state index in [0.29, 0.717) is 0 Å². The molecule has 0 spiro atoms. The number of aliphatic hydroxyl groups is 1. The van der Waals surface area contributed by atoms with Gasteiger partial charge in [0.25, 0.3) is 0 Å². The van der Waals surface area contributed by atoms with Crippen molar-refractivity contribution in [3.63, 3.8) is 0 Å². The van der Waals surface area contributed by atoms with E-state index in [1.807, 2.05) is 53.9 Å². The lowest BCUT2D eigenvalue weighted by atomic mass is 9.98. The Balaban J connectivity index is 2.25. The third-order valence-corrected chi connectivity index (χ3v) is 4.16. The second kappa shape index (κ2) is 5.03. The van der Waals surface area contributed by atoms with Gasteiger partial charge in [0.05, 0.1) is 7.11 Å². The van der Waals surface area contributed by atoms with E-state index in [9.17, 15) is 5.11 Å². The van der Waals surface area contributed by atoms with Gasteiger partial charge in [-0.15, -0.1) is 11.3 Å². The minimum atomic E-state index is -0.652. The Bertz CT molecular complexity index is 689. The first-order chi connectivity index (χ1) is 9.31. The molecule has 2 nitrogen and oxygen atoms in total. The number of methoxy groups -OCH3 is 1. The van der Waals surface area contributed by atoms with E-state index in [2.05, 4.69) is 0 Å². The van der Waals surface area contributed by atoms with E-state index < -0.39 is 6.10 Å². The summed E-state index contributed by atoms with van der Waals surface area (Å²) in [7, 11) is 1.63. The predicted molar refractivity (Wildman–Crippen MR) is 78.9 cm³/mol. The topological polar surface area (TPSA) is 29.5 Å². The fourth-order valence-electron chi connectivity index (χ4n) is 2.32. The van der Waals surface area contributed by atoms with Crippen molar-refractivity contribution in [2.45, 2.75) is 6.10 Å². The molecule has 0 fully saturated rings. The number of ether oxygens (including phenoxy) is 1. The minimum Gasteiger partial charge on any atom is -0.496 e. The summed E-state index contributed by atoms with van der Waals surface area (Å²) in [5.74, 6) is 0.722. The fourth-order valence-corrected chi connectivity index (χ4v) is 3.04. The largest absolute Gasteiger partial charge is 0.496 e. The lowest BCUT2D eigenvalue weighted by molar-refractivity contribution is 0.220. The maximum atomic E-state index is 10.6. The van der Waals surface area contributed by atoms with Gasteiger partial charge in [-0.2, -0.15) is 0 Å². The quantitative estimate of drug-likeness (QED) is 0.779. The Labute approximate surface area is 115 Å². The molecule has 0 bridgehead atoms. The first-order valence-electron chi connectivity index (χ1n) is 6.08. The molecule has 1 aromatic heterocycles. The summed E-state index contributed by atoms with van der Waals surface area (Å²) in [5.41, 5.74) is 0.836. The SMILES string of the molecule is COc1ccc2ccccc2c1[C@@H](O)c1cccs1. The van der Waals surface area contributed by atoms with Crippen LogP contribution >= 0.6 is 11.3 Å². The lowest BCUT2D eigenvalue weighted by Crippen LogP contribution is -2.01. The van der Waals surface area contributed by atoms with E-state index in [4.69, 9.17) is 4.74 Å². The van der Waals surface area contributed by atoms with Crippen molar-refractivity contribution in [3.05, 3.63) is 64.4 Å². The van der Waals surface area contributed by atoms with Gasteiger partial charge in [-0.25, -0.2) is 0 Å². The van der Waals surface area contributed by atoms with Crippen LogP contribution in [-0.4, -0.2) is 12.2 Å². The van der Waals surface area contributed by atoms with Crippen LogP contribution in [0.15, 0.2) is 53.9 Å². The summed E-state index contributed by atoms with van der Waals surface area (Å²) in [6, 6.07) is 15.8. The fraction of sp³-hybridized carbons (Fsp3) is 0.125. The molecule has 0 aliphatic carbocycles. The molecule has 1 atom stereocenters. The average Bonchev–Trinajstić information content (AvgIpc) is 2.99. The normalized spacial score (nSPS) is 12.5. The maximum absolute atomic E-state index is 10.6. The standard InChI is InChI=1S/C16H14O2S/c1-18-13-9-8-11-5-2-3-6-12(11)15(13)16(17)14-7-4-10-19-14/h2-10,16-17H,1H3/t16-/m0/s1. The van der Waals surface area contributed by atoms with Crippen LogP contribution in [0.4, 0.5) is 0 Å². The molecule has 2 aromatic carbocycles. The van der Waals surface area contributed by atoms with Gasteiger partial charge in [-0.3, -0.25) is 0 Å². The minimum absolute atomic E-state index is 0.652. The summed E-state index contributed by atoms with van der Waals surface area (Å²) in [6.45, 7) is 0. The molecule has 0 saturated carbocycles. The highest BCUT2D eigenvalue weighted by Crippen LogP contribution is 2.37. The van der Waals surface area contributed by atoms with Crippen LogP contribution < -0.4 is 4.74 Å². The third kappa shape index (κ3) is 2.11. The molecule has 0 aliphatic rings. The number of benzene rings is 2. The zero-order valence-electron chi connectivity index (χ0n) is 10.5. The van der Waals surface area contributed by atoms with Crippen molar-refractivity contribution in [3.8, 4) is 5.75 Å². The third-order valence-electron chi connectivity index (χ3n) is 3.24. The van der Waals surface area contributed by atoms with Crippen LogP contribution in [0.1, 0.15) is 16.5 Å². The first kappa shape index (κ1) is 12.2. The van der Waals surface area contributed by atoms with Crippen LogP contribution in [0.3, 0.4) is 0 Å². The highest BCUT2D eigenvalue weighted by atomic mass is 32.1. The monoisotopic (exact) mass is 270 g/mol. The van der Waals surface area contributed by atoms with E-state index in [1.165, 1.54) is 0 Å². The zero-order chi connectivity index (χ0) is 13.2. The van der Waals surface area contributed by atoms with Gasteiger partial charge < -0.3 is 9.84 Å². The summed E-state index contributed by atoms with van der Waals surface area (Å²) < 4.78 is 5.42. The number of fused-ring (bicyclic) bond motifs is 1. The molecule has 0 amide bonds. The second-order valence-corrected chi connectivity index (χ2v) is 5.30. The Morgan fingerprint density at radius 3 is 2.63 bits per heavy atom. The summed E-state index contributed by atoms with van der Waals surface area (Å²) >= 11 is 1.55. The van der Waals surface area contributed by atoms with E-state index >= 15 is 0 Å². The smallest absolute Gasteiger partial charge is 0.125 e. The number of hydrogen-bond acceptors (Lipinski definition) is 3. The molecule has 96 valence electrons. The van der Waals surface area contributed by atoms with Gasteiger partial charge in [-0.1, -0.05) is 36.4 Å². The van der Waals surface area contributed by atoms with Crippen molar-refractivity contribution in [2.24, 2.45) is 0 Å². The molecular weight excluding hydrogens is 256 g/mol. The van der Waals surface area contributed by atoms with E-state index in [1.54, 1.807) is 18.4 Å². The maximum Gasteiger partial charge on any atom is 0.125 e. The van der Waals surface area contributed by atoms with Crippen molar-refractivity contribution in [1.29, 1.82) is 0 Å². The molecule has 0 radical (unpaired) electrons. The summed E-state index contributed by atoms with van der Waals surface area (Å²) in [4.78, 5) is 0.926. The van der Waals surface area contributed by atoms with E-state index in [0.717, 1.165) is 27.0 Å². The average molecular weight is 270 g/mol. The molecule has 19 heavy (non-hydrogen) atoms.